The summed E-state index contributed by atoms with van der Waals surface area (Å²) in [4.78, 5) is 17.8. The third kappa shape index (κ3) is 3.56. The SMILES string of the molecule is Cc1ccccc1C(=O)NC(C)c1cc(-c2ccc3c(c2)N=NC3C)nc2ccccc12. The number of carbonyl (C=O) groups excluding carboxylic acids is 1. The number of hydrogen-bond acceptors (Lipinski definition) is 4. The summed E-state index contributed by atoms with van der Waals surface area (Å²) in [6.07, 6.45) is 0. The number of fused-ring (bicyclic) bond motifs is 2. The maximum absolute atomic E-state index is 12.9. The molecule has 5 rings (SSSR count). The van der Waals surface area contributed by atoms with Crippen molar-refractivity contribution in [3.8, 4) is 11.3 Å². The molecule has 5 nitrogen and oxygen atoms in total. The second-order valence-electron chi connectivity index (χ2n) is 8.29. The summed E-state index contributed by atoms with van der Waals surface area (Å²) in [5.41, 5.74) is 7.45. The van der Waals surface area contributed by atoms with Crippen molar-refractivity contribution in [3.63, 3.8) is 0 Å². The van der Waals surface area contributed by atoms with Crippen molar-refractivity contribution in [2.45, 2.75) is 32.9 Å². The van der Waals surface area contributed by atoms with Crippen LogP contribution in [0, 0.1) is 6.92 Å². The van der Waals surface area contributed by atoms with Crippen LogP contribution in [-0.4, -0.2) is 10.9 Å². The van der Waals surface area contributed by atoms with Gasteiger partial charge in [0.05, 0.1) is 29.0 Å². The molecule has 0 spiro atoms. The van der Waals surface area contributed by atoms with E-state index in [1.165, 1.54) is 0 Å². The van der Waals surface area contributed by atoms with Crippen LogP contribution in [0.4, 0.5) is 5.69 Å². The molecule has 0 saturated carbocycles. The summed E-state index contributed by atoms with van der Waals surface area (Å²) in [5, 5.41) is 12.8. The number of rotatable bonds is 4. The molecular formula is C27H24N4O. The van der Waals surface area contributed by atoms with Gasteiger partial charge < -0.3 is 5.32 Å². The van der Waals surface area contributed by atoms with Crippen molar-refractivity contribution in [1.29, 1.82) is 0 Å². The lowest BCUT2D eigenvalue weighted by Gasteiger charge is -2.18. The van der Waals surface area contributed by atoms with Crippen molar-refractivity contribution in [1.82, 2.24) is 10.3 Å². The third-order valence-corrected chi connectivity index (χ3v) is 6.07. The van der Waals surface area contributed by atoms with Crippen LogP contribution in [0.2, 0.25) is 0 Å². The molecule has 2 atom stereocenters. The number of aromatic nitrogens is 1. The van der Waals surface area contributed by atoms with Gasteiger partial charge in [0, 0.05) is 22.1 Å². The highest BCUT2D eigenvalue weighted by atomic mass is 16.1. The van der Waals surface area contributed by atoms with E-state index in [0.717, 1.165) is 44.5 Å². The number of nitrogens with one attached hydrogen (secondary N) is 1. The number of pyridine rings is 1. The first kappa shape index (κ1) is 20.1. The molecule has 158 valence electrons. The lowest BCUT2D eigenvalue weighted by Crippen LogP contribution is -2.27. The molecule has 0 saturated heterocycles. The van der Waals surface area contributed by atoms with Gasteiger partial charge in [0.2, 0.25) is 0 Å². The molecule has 1 aliphatic rings. The van der Waals surface area contributed by atoms with Crippen LogP contribution >= 0.6 is 0 Å². The number of carbonyl (C=O) groups is 1. The number of hydrogen-bond donors (Lipinski definition) is 1. The van der Waals surface area contributed by atoms with Crippen LogP contribution in [-0.2, 0) is 0 Å². The van der Waals surface area contributed by atoms with Gasteiger partial charge in [0.15, 0.2) is 0 Å². The Bertz CT molecular complexity index is 1380. The Morgan fingerprint density at radius 1 is 1.00 bits per heavy atom. The fourth-order valence-corrected chi connectivity index (χ4v) is 4.24. The Hall–Kier alpha value is -3.86. The van der Waals surface area contributed by atoms with Gasteiger partial charge in [-0.2, -0.15) is 10.2 Å². The molecule has 2 heterocycles. The Labute approximate surface area is 187 Å². The zero-order chi connectivity index (χ0) is 22.2. The van der Waals surface area contributed by atoms with E-state index in [0.29, 0.717) is 5.56 Å². The van der Waals surface area contributed by atoms with Crippen LogP contribution in [0.1, 0.15) is 53.0 Å². The number of aryl methyl sites for hydroxylation is 1. The predicted molar refractivity (Wildman–Crippen MR) is 127 cm³/mol. The summed E-state index contributed by atoms with van der Waals surface area (Å²) in [7, 11) is 0. The van der Waals surface area contributed by atoms with Gasteiger partial charge >= 0.3 is 0 Å². The number of amides is 1. The fourth-order valence-electron chi connectivity index (χ4n) is 4.24. The number of para-hydroxylation sites is 1. The summed E-state index contributed by atoms with van der Waals surface area (Å²) in [6, 6.07) is 23.8. The van der Waals surface area contributed by atoms with E-state index in [-0.39, 0.29) is 18.0 Å². The van der Waals surface area contributed by atoms with Crippen molar-refractivity contribution in [2.75, 3.05) is 0 Å². The molecule has 1 aliphatic heterocycles. The Kier molecular flexibility index (Phi) is 5.02. The van der Waals surface area contributed by atoms with Gasteiger partial charge in [-0.25, -0.2) is 4.98 Å². The van der Waals surface area contributed by atoms with E-state index in [9.17, 15) is 4.79 Å². The van der Waals surface area contributed by atoms with E-state index in [1.807, 2.05) is 69.3 Å². The lowest BCUT2D eigenvalue weighted by atomic mass is 9.97. The first-order chi connectivity index (χ1) is 15.5. The van der Waals surface area contributed by atoms with Crippen molar-refractivity contribution < 1.29 is 4.79 Å². The minimum Gasteiger partial charge on any atom is -0.345 e. The molecule has 1 aromatic heterocycles. The second kappa shape index (κ2) is 8.00. The van der Waals surface area contributed by atoms with Crippen LogP contribution < -0.4 is 5.32 Å². The third-order valence-electron chi connectivity index (χ3n) is 6.07. The lowest BCUT2D eigenvalue weighted by molar-refractivity contribution is 0.0939. The highest BCUT2D eigenvalue weighted by Gasteiger charge is 2.19. The van der Waals surface area contributed by atoms with E-state index >= 15 is 0 Å². The molecule has 5 heteroatoms. The molecule has 0 aliphatic carbocycles. The Balaban J connectivity index is 1.55. The molecule has 32 heavy (non-hydrogen) atoms. The average Bonchev–Trinajstić information content (AvgIpc) is 3.18. The van der Waals surface area contributed by atoms with Crippen LogP contribution in [0.3, 0.4) is 0 Å². The van der Waals surface area contributed by atoms with Gasteiger partial charge in [-0.15, -0.1) is 0 Å². The standard InChI is InChI=1S/C27H24N4O/c1-16-8-4-5-9-20(16)27(32)28-17(2)23-15-25(29-24-11-7-6-10-22(23)24)19-12-13-21-18(3)30-31-26(21)14-19/h4-15,17-18H,1-3H3,(H,28,32). The fraction of sp³-hybridized carbons (Fsp3) is 0.185. The molecular weight excluding hydrogens is 396 g/mol. The largest absolute Gasteiger partial charge is 0.345 e. The normalized spacial score (nSPS) is 15.5. The molecule has 2 unspecified atom stereocenters. The van der Waals surface area contributed by atoms with Gasteiger partial charge in [0.1, 0.15) is 0 Å². The predicted octanol–water partition coefficient (Wildman–Crippen LogP) is 6.86. The highest BCUT2D eigenvalue weighted by molar-refractivity contribution is 5.96. The minimum absolute atomic E-state index is 0.0787. The molecule has 1 N–H and O–H groups in total. The maximum atomic E-state index is 12.9. The number of azo groups is 1. The summed E-state index contributed by atoms with van der Waals surface area (Å²) in [5.74, 6) is -0.0787. The zero-order valence-electron chi connectivity index (χ0n) is 18.3. The summed E-state index contributed by atoms with van der Waals surface area (Å²) >= 11 is 0. The number of benzene rings is 3. The van der Waals surface area contributed by atoms with Gasteiger partial charge in [-0.1, -0.05) is 48.5 Å². The summed E-state index contributed by atoms with van der Waals surface area (Å²) < 4.78 is 0. The van der Waals surface area contributed by atoms with E-state index < -0.39 is 0 Å². The molecule has 4 aromatic rings. The Morgan fingerprint density at radius 2 is 1.78 bits per heavy atom. The molecule has 0 fully saturated rings. The average molecular weight is 421 g/mol. The van der Waals surface area contributed by atoms with Crippen molar-refractivity contribution in [2.24, 2.45) is 10.2 Å². The van der Waals surface area contributed by atoms with E-state index in [4.69, 9.17) is 4.98 Å². The van der Waals surface area contributed by atoms with Crippen molar-refractivity contribution >= 4 is 22.5 Å². The van der Waals surface area contributed by atoms with Gasteiger partial charge in [0.25, 0.3) is 5.91 Å². The minimum atomic E-state index is -0.192. The molecule has 3 aromatic carbocycles. The quantitative estimate of drug-likeness (QED) is 0.392. The van der Waals surface area contributed by atoms with Crippen LogP contribution in [0.5, 0.6) is 0 Å². The zero-order valence-corrected chi connectivity index (χ0v) is 18.3. The van der Waals surface area contributed by atoms with Gasteiger partial charge in [-0.05, 0) is 56.2 Å². The van der Waals surface area contributed by atoms with E-state index in [1.54, 1.807) is 0 Å². The van der Waals surface area contributed by atoms with Crippen molar-refractivity contribution in [3.05, 3.63) is 95.1 Å². The molecule has 1 amide bonds. The Morgan fingerprint density at radius 3 is 2.62 bits per heavy atom. The first-order valence-corrected chi connectivity index (χ1v) is 10.8. The second-order valence-corrected chi connectivity index (χ2v) is 8.29. The first-order valence-electron chi connectivity index (χ1n) is 10.8. The maximum Gasteiger partial charge on any atom is 0.252 e. The summed E-state index contributed by atoms with van der Waals surface area (Å²) in [6.45, 7) is 6.01. The monoisotopic (exact) mass is 420 g/mol. The molecule has 0 radical (unpaired) electrons. The smallest absolute Gasteiger partial charge is 0.252 e. The van der Waals surface area contributed by atoms with Gasteiger partial charge in [-0.3, -0.25) is 4.79 Å². The highest BCUT2D eigenvalue weighted by Crippen LogP contribution is 2.38. The van der Waals surface area contributed by atoms with Crippen LogP contribution in [0.25, 0.3) is 22.2 Å². The molecule has 0 bridgehead atoms. The van der Waals surface area contributed by atoms with E-state index in [2.05, 4.69) is 39.8 Å². The van der Waals surface area contributed by atoms with Crippen LogP contribution in [0.15, 0.2) is 83.0 Å². The number of nitrogens with zero attached hydrogens (tertiary/aromatic N) is 3. The topological polar surface area (TPSA) is 66.7 Å².